The first-order valence-electron chi connectivity index (χ1n) is 7.57. The minimum atomic E-state index is -0.412. The van der Waals surface area contributed by atoms with Crippen molar-refractivity contribution in [3.63, 3.8) is 0 Å². The summed E-state index contributed by atoms with van der Waals surface area (Å²) in [5.74, 6) is 1.68. The van der Waals surface area contributed by atoms with Gasteiger partial charge in [-0.3, -0.25) is 0 Å². The van der Waals surface area contributed by atoms with Crippen LogP contribution in [0.25, 0.3) is 0 Å². The summed E-state index contributed by atoms with van der Waals surface area (Å²) in [5.41, 5.74) is 2.48. The zero-order chi connectivity index (χ0) is 14.6. The molecule has 1 aromatic carbocycles. The first kappa shape index (κ1) is 13.2. The Labute approximate surface area is 125 Å². The summed E-state index contributed by atoms with van der Waals surface area (Å²) in [4.78, 5) is 2.35. The summed E-state index contributed by atoms with van der Waals surface area (Å²) in [6, 6.07) is 4.16. The highest BCUT2D eigenvalue weighted by Gasteiger charge is 2.52. The third kappa shape index (κ3) is 1.75. The molecule has 0 fully saturated rings. The Morgan fingerprint density at radius 3 is 3.10 bits per heavy atom. The van der Waals surface area contributed by atoms with Crippen LogP contribution in [0.15, 0.2) is 24.3 Å². The Morgan fingerprint density at radius 2 is 2.29 bits per heavy atom. The molecule has 1 aromatic rings. The van der Waals surface area contributed by atoms with Crippen LogP contribution in [0, 0.1) is 0 Å². The van der Waals surface area contributed by atoms with Crippen LogP contribution < -0.4 is 9.47 Å². The molecular weight excluding hydrogens is 266 g/mol. The van der Waals surface area contributed by atoms with E-state index in [4.69, 9.17) is 9.47 Å². The number of ether oxygens (including phenoxy) is 2. The lowest BCUT2D eigenvalue weighted by molar-refractivity contribution is 0.0821. The molecule has 0 amide bonds. The van der Waals surface area contributed by atoms with Gasteiger partial charge in [0.15, 0.2) is 11.5 Å². The predicted molar refractivity (Wildman–Crippen MR) is 79.8 cm³/mol. The van der Waals surface area contributed by atoms with Crippen molar-refractivity contribution in [1.29, 1.82) is 0 Å². The van der Waals surface area contributed by atoms with Gasteiger partial charge in [0.2, 0.25) is 0 Å². The van der Waals surface area contributed by atoms with Gasteiger partial charge in [-0.15, -0.1) is 0 Å². The summed E-state index contributed by atoms with van der Waals surface area (Å²) in [5, 5.41) is 9.97. The number of nitrogens with zero attached hydrogens (tertiary/aromatic N) is 1. The maximum Gasteiger partial charge on any atom is 0.166 e. The van der Waals surface area contributed by atoms with Gasteiger partial charge < -0.3 is 19.5 Å². The molecule has 1 spiro atoms. The van der Waals surface area contributed by atoms with Gasteiger partial charge in [0.1, 0.15) is 6.10 Å². The van der Waals surface area contributed by atoms with Crippen molar-refractivity contribution >= 4 is 0 Å². The van der Waals surface area contributed by atoms with E-state index >= 15 is 0 Å². The molecule has 1 unspecified atom stereocenters. The molecule has 1 N–H and O–H groups in total. The molecule has 3 aliphatic rings. The van der Waals surface area contributed by atoms with Gasteiger partial charge in [0.05, 0.1) is 18.6 Å². The fourth-order valence-electron chi connectivity index (χ4n) is 4.08. The lowest BCUT2D eigenvalue weighted by Gasteiger charge is -2.35. The molecule has 0 saturated carbocycles. The Hall–Kier alpha value is -1.52. The predicted octanol–water partition coefficient (Wildman–Crippen LogP) is 1.85. The summed E-state index contributed by atoms with van der Waals surface area (Å²) in [7, 11) is 3.84. The second-order valence-corrected chi connectivity index (χ2v) is 6.43. The largest absolute Gasteiger partial charge is 0.493 e. The van der Waals surface area contributed by atoms with Crippen LogP contribution in [-0.4, -0.2) is 42.9 Å². The third-order valence-corrected chi connectivity index (χ3v) is 5.15. The van der Waals surface area contributed by atoms with Crippen molar-refractivity contribution in [2.45, 2.75) is 37.0 Å². The van der Waals surface area contributed by atoms with Crippen LogP contribution in [0.1, 0.15) is 24.0 Å². The smallest absolute Gasteiger partial charge is 0.166 e. The summed E-state index contributed by atoms with van der Waals surface area (Å²) >= 11 is 0. The quantitative estimate of drug-likeness (QED) is 0.801. The fourth-order valence-corrected chi connectivity index (χ4v) is 4.08. The van der Waals surface area contributed by atoms with Crippen molar-refractivity contribution in [2.75, 3.05) is 20.7 Å². The lowest BCUT2D eigenvalue weighted by Crippen LogP contribution is -2.42. The Balaban J connectivity index is 1.95. The number of benzene rings is 1. The van der Waals surface area contributed by atoms with Crippen LogP contribution >= 0.6 is 0 Å². The van der Waals surface area contributed by atoms with Crippen molar-refractivity contribution in [1.82, 2.24) is 4.90 Å². The molecule has 2 heterocycles. The van der Waals surface area contributed by atoms with Gasteiger partial charge in [-0.1, -0.05) is 18.2 Å². The maximum absolute atomic E-state index is 9.97. The third-order valence-electron chi connectivity index (χ3n) is 5.15. The van der Waals surface area contributed by atoms with E-state index in [1.54, 1.807) is 7.11 Å². The van der Waals surface area contributed by atoms with E-state index in [0.29, 0.717) is 6.42 Å². The van der Waals surface area contributed by atoms with Gasteiger partial charge >= 0.3 is 0 Å². The van der Waals surface area contributed by atoms with E-state index in [-0.39, 0.29) is 11.5 Å². The van der Waals surface area contributed by atoms with E-state index in [9.17, 15) is 5.11 Å². The topological polar surface area (TPSA) is 41.9 Å². The standard InChI is InChI=1S/C17H21NO3/c1-18-8-7-17-6-5-12(19)9-14(17)21-16-13(20-2)4-3-11(10-18)15(16)17/h3-6,12,14,19H,7-10H2,1-2H3/t12?,14-,17-/m1/s1. The first-order chi connectivity index (χ1) is 10.1. The van der Waals surface area contributed by atoms with E-state index in [1.807, 2.05) is 12.1 Å². The maximum atomic E-state index is 9.97. The molecule has 3 atom stereocenters. The number of methoxy groups -OCH3 is 1. The van der Waals surface area contributed by atoms with Crippen molar-refractivity contribution in [2.24, 2.45) is 0 Å². The van der Waals surface area contributed by atoms with E-state index in [2.05, 4.69) is 24.1 Å². The number of hydrogen-bond acceptors (Lipinski definition) is 4. The highest BCUT2D eigenvalue weighted by Crippen LogP contribution is 2.55. The molecule has 0 radical (unpaired) electrons. The van der Waals surface area contributed by atoms with Crippen LogP contribution in [0.5, 0.6) is 11.5 Å². The van der Waals surface area contributed by atoms with Crippen molar-refractivity contribution in [3.05, 3.63) is 35.4 Å². The van der Waals surface area contributed by atoms with E-state index in [1.165, 1.54) is 11.1 Å². The van der Waals surface area contributed by atoms with Gasteiger partial charge in [-0.2, -0.15) is 0 Å². The molecule has 21 heavy (non-hydrogen) atoms. The highest BCUT2D eigenvalue weighted by molar-refractivity contribution is 5.60. The van der Waals surface area contributed by atoms with Gasteiger partial charge in [-0.25, -0.2) is 0 Å². The van der Waals surface area contributed by atoms with Crippen LogP contribution in [0.4, 0.5) is 0 Å². The van der Waals surface area contributed by atoms with Crippen LogP contribution in [0.2, 0.25) is 0 Å². The molecule has 0 bridgehead atoms. The van der Waals surface area contributed by atoms with E-state index in [0.717, 1.165) is 31.0 Å². The van der Waals surface area contributed by atoms with Crippen molar-refractivity contribution < 1.29 is 14.6 Å². The normalized spacial score (nSPS) is 33.9. The average molecular weight is 287 g/mol. The van der Waals surface area contributed by atoms with Crippen LogP contribution in [-0.2, 0) is 12.0 Å². The Kier molecular flexibility index (Phi) is 2.81. The molecule has 1 aliphatic carbocycles. The number of hydrogen-bond donors (Lipinski definition) is 1. The molecule has 4 heteroatoms. The van der Waals surface area contributed by atoms with Gasteiger partial charge in [-0.05, 0) is 31.6 Å². The number of aliphatic hydroxyl groups excluding tert-OH is 1. The molecule has 0 aromatic heterocycles. The van der Waals surface area contributed by atoms with Crippen LogP contribution in [0.3, 0.4) is 0 Å². The highest BCUT2D eigenvalue weighted by atomic mass is 16.5. The average Bonchev–Trinajstić information content (AvgIpc) is 2.72. The lowest BCUT2D eigenvalue weighted by atomic mass is 9.69. The molecule has 0 saturated heterocycles. The zero-order valence-corrected chi connectivity index (χ0v) is 12.5. The molecule has 2 aliphatic heterocycles. The van der Waals surface area contributed by atoms with Gasteiger partial charge in [0, 0.05) is 18.5 Å². The van der Waals surface area contributed by atoms with E-state index < -0.39 is 6.10 Å². The zero-order valence-electron chi connectivity index (χ0n) is 12.5. The number of rotatable bonds is 1. The Morgan fingerprint density at radius 1 is 1.43 bits per heavy atom. The molecule has 4 nitrogen and oxygen atoms in total. The second kappa shape index (κ2) is 4.49. The minimum Gasteiger partial charge on any atom is -0.493 e. The van der Waals surface area contributed by atoms with Crippen molar-refractivity contribution in [3.8, 4) is 11.5 Å². The molecule has 4 rings (SSSR count). The minimum absolute atomic E-state index is 0.00838. The molecular formula is C17H21NO3. The fraction of sp³-hybridized carbons (Fsp3) is 0.529. The molecule has 112 valence electrons. The SMILES string of the molecule is COc1ccc2c3c1O[C@@H]1CC(O)C=C[C@]31CCN(C)C2. The first-order valence-corrected chi connectivity index (χ1v) is 7.57. The monoisotopic (exact) mass is 287 g/mol. The summed E-state index contributed by atoms with van der Waals surface area (Å²) < 4.78 is 11.8. The summed E-state index contributed by atoms with van der Waals surface area (Å²) in [6.07, 6.45) is 5.38. The Bertz CT molecular complexity index is 612. The second-order valence-electron chi connectivity index (χ2n) is 6.43. The number of aliphatic hydroxyl groups is 1. The summed E-state index contributed by atoms with van der Waals surface area (Å²) in [6.45, 7) is 1.96. The van der Waals surface area contributed by atoms with Gasteiger partial charge in [0.25, 0.3) is 0 Å².